The number of benzene rings is 1. The van der Waals surface area contributed by atoms with Crippen molar-refractivity contribution in [3.05, 3.63) is 29.8 Å². The highest BCUT2D eigenvalue weighted by Gasteiger charge is 2.45. The first-order valence-electron chi connectivity index (χ1n) is 6.81. The first-order valence-corrected chi connectivity index (χ1v) is 6.81. The molecular weight excluding hydrogens is 240 g/mol. The van der Waals surface area contributed by atoms with Crippen LogP contribution in [0.1, 0.15) is 37.8 Å². The first kappa shape index (κ1) is 12.4. The summed E-state index contributed by atoms with van der Waals surface area (Å²) in [4.78, 5) is 26.0. The summed E-state index contributed by atoms with van der Waals surface area (Å²) in [6.45, 7) is 1.91. The van der Waals surface area contributed by atoms with Crippen molar-refractivity contribution in [1.82, 2.24) is 0 Å². The molecular formula is C15H18N2O2. The van der Waals surface area contributed by atoms with Gasteiger partial charge < -0.3 is 5.73 Å². The van der Waals surface area contributed by atoms with E-state index in [9.17, 15) is 9.59 Å². The number of hydrogen-bond donors (Lipinski definition) is 1. The van der Waals surface area contributed by atoms with Gasteiger partial charge in [0, 0.05) is 17.9 Å². The number of anilines is 1. The number of fused-ring (bicyclic) bond motifs is 2. The number of piperidine rings is 1. The van der Waals surface area contributed by atoms with Gasteiger partial charge in [-0.1, -0.05) is 12.1 Å². The Bertz CT molecular complexity index is 499. The minimum atomic E-state index is -0.0435. The lowest BCUT2D eigenvalue weighted by Crippen LogP contribution is -2.46. The fourth-order valence-electron chi connectivity index (χ4n) is 3.09. The number of rotatable bonds is 2. The van der Waals surface area contributed by atoms with Gasteiger partial charge in [-0.2, -0.15) is 0 Å². The molecule has 2 fully saturated rings. The Balaban J connectivity index is 1.92. The molecule has 1 aliphatic carbocycles. The number of hydrogen-bond acceptors (Lipinski definition) is 3. The number of nitrogens with two attached hydrogens (primary N) is 1. The fraction of sp³-hybridized carbons (Fsp3) is 0.467. The molecule has 3 unspecified atom stereocenters. The normalized spacial score (nSPS) is 27.8. The Morgan fingerprint density at radius 3 is 2.11 bits per heavy atom. The molecule has 2 aliphatic rings. The standard InChI is InChI=1S/C15H18N2O2/c1-9(16)10-4-6-13(7-5-10)17-14(18)11-2-3-12(8-11)15(17)19/h4-7,9,11-12H,2-3,8,16H2,1H3. The molecule has 4 heteroatoms. The lowest BCUT2D eigenvalue weighted by molar-refractivity contribution is -0.132. The predicted molar refractivity (Wildman–Crippen MR) is 72.4 cm³/mol. The van der Waals surface area contributed by atoms with Gasteiger partial charge in [-0.05, 0) is 43.9 Å². The SMILES string of the molecule is CC(N)c1ccc(N2C(=O)C3CCC(C3)C2=O)cc1. The zero-order chi connectivity index (χ0) is 13.6. The van der Waals surface area contributed by atoms with Gasteiger partial charge in [-0.3, -0.25) is 14.5 Å². The van der Waals surface area contributed by atoms with E-state index in [1.807, 2.05) is 31.2 Å². The van der Waals surface area contributed by atoms with E-state index in [4.69, 9.17) is 5.73 Å². The van der Waals surface area contributed by atoms with Gasteiger partial charge in [-0.15, -0.1) is 0 Å². The molecule has 19 heavy (non-hydrogen) atoms. The largest absolute Gasteiger partial charge is 0.324 e. The van der Waals surface area contributed by atoms with E-state index in [0.717, 1.165) is 24.8 Å². The molecule has 2 amide bonds. The molecule has 3 rings (SSSR count). The average Bonchev–Trinajstić information content (AvgIpc) is 2.84. The van der Waals surface area contributed by atoms with Crippen molar-refractivity contribution in [1.29, 1.82) is 0 Å². The number of carbonyl (C=O) groups is 2. The third-order valence-electron chi connectivity index (χ3n) is 4.25. The van der Waals surface area contributed by atoms with Crippen LogP contribution in [0, 0.1) is 11.8 Å². The smallest absolute Gasteiger partial charge is 0.236 e. The second kappa shape index (κ2) is 4.46. The molecule has 1 heterocycles. The molecule has 1 aromatic rings. The maximum Gasteiger partial charge on any atom is 0.236 e. The van der Waals surface area contributed by atoms with Crippen LogP contribution in [-0.2, 0) is 9.59 Å². The molecule has 0 spiro atoms. The monoisotopic (exact) mass is 258 g/mol. The third-order valence-corrected chi connectivity index (χ3v) is 4.25. The molecule has 1 aromatic carbocycles. The molecule has 100 valence electrons. The lowest BCUT2D eigenvalue weighted by atomic mass is 9.96. The topological polar surface area (TPSA) is 63.4 Å². The van der Waals surface area contributed by atoms with Crippen LogP contribution in [0.25, 0.3) is 0 Å². The van der Waals surface area contributed by atoms with Crippen LogP contribution in [0.3, 0.4) is 0 Å². The van der Waals surface area contributed by atoms with Gasteiger partial charge in [-0.25, -0.2) is 0 Å². The summed E-state index contributed by atoms with van der Waals surface area (Å²) in [7, 11) is 0. The Labute approximate surface area is 112 Å². The maximum absolute atomic E-state index is 12.3. The van der Waals surface area contributed by atoms with Gasteiger partial charge in [0.05, 0.1) is 5.69 Å². The van der Waals surface area contributed by atoms with E-state index >= 15 is 0 Å². The Kier molecular flexibility index (Phi) is 2.90. The predicted octanol–water partition coefficient (Wildman–Crippen LogP) is 2.00. The fourth-order valence-corrected chi connectivity index (χ4v) is 3.09. The summed E-state index contributed by atoms with van der Waals surface area (Å²) in [5.41, 5.74) is 7.48. The van der Waals surface area contributed by atoms with Gasteiger partial charge in [0.2, 0.25) is 11.8 Å². The molecule has 2 bridgehead atoms. The summed E-state index contributed by atoms with van der Waals surface area (Å²) in [5, 5.41) is 0. The summed E-state index contributed by atoms with van der Waals surface area (Å²) in [5.74, 6) is 0.00575. The third kappa shape index (κ3) is 1.96. The number of carbonyl (C=O) groups excluding carboxylic acids is 2. The van der Waals surface area contributed by atoms with Gasteiger partial charge in [0.15, 0.2) is 0 Å². The van der Waals surface area contributed by atoms with Crippen molar-refractivity contribution >= 4 is 17.5 Å². The number of imide groups is 1. The Morgan fingerprint density at radius 1 is 1.11 bits per heavy atom. The zero-order valence-electron chi connectivity index (χ0n) is 11.0. The van der Waals surface area contributed by atoms with E-state index in [0.29, 0.717) is 5.69 Å². The van der Waals surface area contributed by atoms with Crippen molar-refractivity contribution in [2.45, 2.75) is 32.2 Å². The van der Waals surface area contributed by atoms with Gasteiger partial charge >= 0.3 is 0 Å². The van der Waals surface area contributed by atoms with E-state index in [2.05, 4.69) is 0 Å². The molecule has 3 atom stereocenters. The highest BCUT2D eigenvalue weighted by molar-refractivity contribution is 6.18. The number of amides is 2. The van der Waals surface area contributed by atoms with Gasteiger partial charge in [0.25, 0.3) is 0 Å². The van der Waals surface area contributed by atoms with E-state index in [-0.39, 0.29) is 29.7 Å². The van der Waals surface area contributed by atoms with E-state index < -0.39 is 0 Å². The van der Waals surface area contributed by atoms with Crippen LogP contribution in [0.2, 0.25) is 0 Å². The zero-order valence-corrected chi connectivity index (χ0v) is 11.0. The first-order chi connectivity index (χ1) is 9.08. The van der Waals surface area contributed by atoms with Crippen molar-refractivity contribution in [3.63, 3.8) is 0 Å². The van der Waals surface area contributed by atoms with Crippen LogP contribution in [0.4, 0.5) is 5.69 Å². The second-order valence-electron chi connectivity index (χ2n) is 5.60. The molecule has 4 nitrogen and oxygen atoms in total. The highest BCUT2D eigenvalue weighted by Crippen LogP contribution is 2.40. The van der Waals surface area contributed by atoms with Gasteiger partial charge in [0.1, 0.15) is 0 Å². The van der Waals surface area contributed by atoms with Crippen molar-refractivity contribution in [2.24, 2.45) is 17.6 Å². The van der Waals surface area contributed by atoms with Crippen molar-refractivity contribution in [3.8, 4) is 0 Å². The Morgan fingerprint density at radius 2 is 1.63 bits per heavy atom. The van der Waals surface area contributed by atoms with Crippen LogP contribution in [0.15, 0.2) is 24.3 Å². The molecule has 1 saturated carbocycles. The Hall–Kier alpha value is -1.68. The summed E-state index contributed by atoms with van der Waals surface area (Å²) < 4.78 is 0. The minimum Gasteiger partial charge on any atom is -0.324 e. The van der Waals surface area contributed by atoms with Crippen LogP contribution in [0.5, 0.6) is 0 Å². The van der Waals surface area contributed by atoms with Crippen LogP contribution < -0.4 is 10.6 Å². The maximum atomic E-state index is 12.3. The van der Waals surface area contributed by atoms with Crippen molar-refractivity contribution < 1.29 is 9.59 Å². The summed E-state index contributed by atoms with van der Waals surface area (Å²) >= 11 is 0. The average molecular weight is 258 g/mol. The highest BCUT2D eigenvalue weighted by atomic mass is 16.2. The molecule has 2 N–H and O–H groups in total. The summed E-state index contributed by atoms with van der Waals surface area (Å²) in [6.07, 6.45) is 2.44. The second-order valence-corrected chi connectivity index (χ2v) is 5.60. The molecule has 0 aromatic heterocycles. The van der Waals surface area contributed by atoms with E-state index in [1.165, 1.54) is 4.90 Å². The molecule has 1 aliphatic heterocycles. The number of nitrogens with zero attached hydrogens (tertiary/aromatic N) is 1. The molecule has 0 radical (unpaired) electrons. The minimum absolute atomic E-state index is 0.0349. The molecule has 1 saturated heterocycles. The van der Waals surface area contributed by atoms with Crippen molar-refractivity contribution in [2.75, 3.05) is 4.90 Å². The quantitative estimate of drug-likeness (QED) is 0.825. The van der Waals surface area contributed by atoms with E-state index in [1.54, 1.807) is 0 Å². The lowest BCUT2D eigenvalue weighted by Gasteiger charge is -2.29. The van der Waals surface area contributed by atoms with Crippen LogP contribution >= 0.6 is 0 Å². The van der Waals surface area contributed by atoms with Crippen LogP contribution in [-0.4, -0.2) is 11.8 Å². The summed E-state index contributed by atoms with van der Waals surface area (Å²) in [6, 6.07) is 7.37.